The molecule has 6 heteroatoms. The van der Waals surface area contributed by atoms with Gasteiger partial charge >= 0.3 is 0 Å². The number of benzene rings is 2. The van der Waals surface area contributed by atoms with Gasteiger partial charge < -0.3 is 14.2 Å². The van der Waals surface area contributed by atoms with Crippen LogP contribution in [0.25, 0.3) is 11.5 Å². The van der Waals surface area contributed by atoms with Gasteiger partial charge in [-0.1, -0.05) is 67.6 Å². The Morgan fingerprint density at radius 3 is 2.28 bits per heavy atom. The number of fused-ring (bicyclic) bond motifs is 3. The molecule has 0 fully saturated rings. The van der Waals surface area contributed by atoms with Crippen LogP contribution in [0.3, 0.4) is 0 Å². The van der Waals surface area contributed by atoms with E-state index in [2.05, 4.69) is 29.2 Å². The molecule has 6 nitrogen and oxygen atoms in total. The molecule has 0 unspecified atom stereocenters. The maximum atomic E-state index is 12.6. The van der Waals surface area contributed by atoms with E-state index in [1.807, 2.05) is 52.5 Å². The second-order valence-electron chi connectivity index (χ2n) is 8.01. The van der Waals surface area contributed by atoms with E-state index in [0.29, 0.717) is 30.2 Å². The van der Waals surface area contributed by atoms with Gasteiger partial charge in [0.25, 0.3) is 0 Å². The van der Waals surface area contributed by atoms with Crippen molar-refractivity contribution in [2.24, 2.45) is 0 Å². The second kappa shape index (κ2) is 7.96. The summed E-state index contributed by atoms with van der Waals surface area (Å²) in [7, 11) is 0. The number of aromatic hydroxyl groups is 1. The molecule has 2 aromatic carbocycles. The van der Waals surface area contributed by atoms with Crippen molar-refractivity contribution in [3.63, 3.8) is 0 Å². The lowest BCUT2D eigenvalue weighted by Crippen LogP contribution is -2.31. The van der Waals surface area contributed by atoms with E-state index in [0.717, 1.165) is 11.1 Å². The normalized spacial score (nSPS) is 14.8. The fourth-order valence-corrected chi connectivity index (χ4v) is 4.69. The standard InChI is InChI=1S/C26H23N3O3/c1-2-21(30)19-15-27-26-24-25(32)22(31)13-14-28(24)20(16-29(19)26)23(17-9-5-3-6-10-17)18-11-7-4-8-12-18/h3-15,20,23,32H,2,16H2,1H3/t20-/m1/s1. The minimum atomic E-state index is -0.467. The molecule has 5 rings (SSSR count). The molecular formula is C26H23N3O3. The van der Waals surface area contributed by atoms with Crippen LogP contribution in [-0.2, 0) is 6.54 Å². The third kappa shape index (κ3) is 3.15. The van der Waals surface area contributed by atoms with E-state index in [9.17, 15) is 14.7 Å². The Kier molecular flexibility index (Phi) is 4.98. The summed E-state index contributed by atoms with van der Waals surface area (Å²) in [6, 6.07) is 21.5. The first-order valence-corrected chi connectivity index (χ1v) is 10.7. The summed E-state index contributed by atoms with van der Waals surface area (Å²) in [5.74, 6) is -0.00425. The zero-order chi connectivity index (χ0) is 22.2. The highest BCUT2D eigenvalue weighted by molar-refractivity contribution is 5.95. The number of carbonyl (C=O) groups is 1. The van der Waals surface area contributed by atoms with Crippen LogP contribution in [0.5, 0.6) is 5.75 Å². The highest BCUT2D eigenvalue weighted by Crippen LogP contribution is 2.43. The van der Waals surface area contributed by atoms with Gasteiger partial charge in [0.2, 0.25) is 5.43 Å². The van der Waals surface area contributed by atoms with Crippen LogP contribution in [0.2, 0.25) is 0 Å². The molecule has 4 aromatic rings. The van der Waals surface area contributed by atoms with E-state index in [4.69, 9.17) is 0 Å². The molecule has 160 valence electrons. The zero-order valence-electron chi connectivity index (χ0n) is 17.7. The Labute approximate surface area is 185 Å². The molecule has 0 spiro atoms. The summed E-state index contributed by atoms with van der Waals surface area (Å²) < 4.78 is 3.79. The van der Waals surface area contributed by atoms with Crippen molar-refractivity contribution < 1.29 is 9.90 Å². The fourth-order valence-electron chi connectivity index (χ4n) is 4.69. The van der Waals surface area contributed by atoms with E-state index < -0.39 is 5.43 Å². The first kappa shape index (κ1) is 20.0. The van der Waals surface area contributed by atoms with Crippen molar-refractivity contribution in [1.29, 1.82) is 0 Å². The van der Waals surface area contributed by atoms with Crippen LogP contribution in [0.15, 0.2) is 83.9 Å². The SMILES string of the molecule is CCC(=O)c1cnc2n1C[C@H](C(c1ccccc1)c1ccccc1)n1ccc(=O)c(O)c1-2. The smallest absolute Gasteiger partial charge is 0.223 e. The lowest BCUT2D eigenvalue weighted by atomic mass is 9.83. The molecule has 1 aliphatic heterocycles. The molecule has 1 aliphatic rings. The highest BCUT2D eigenvalue weighted by Gasteiger charge is 2.36. The molecule has 0 radical (unpaired) electrons. The number of rotatable bonds is 5. The van der Waals surface area contributed by atoms with Gasteiger partial charge in [0.05, 0.1) is 12.2 Å². The number of hydrogen-bond donors (Lipinski definition) is 1. The van der Waals surface area contributed by atoms with Crippen molar-refractivity contribution in [1.82, 2.24) is 14.1 Å². The molecule has 0 bridgehead atoms. The summed E-state index contributed by atoms with van der Waals surface area (Å²) in [6.07, 6.45) is 3.62. The first-order chi connectivity index (χ1) is 15.6. The number of ketones is 1. The van der Waals surface area contributed by atoms with Gasteiger partial charge in [-0.15, -0.1) is 0 Å². The number of Topliss-reactive ketones (excluding diaryl/α,β-unsaturated/α-hetero) is 1. The predicted octanol–water partition coefficient (Wildman–Crippen LogP) is 4.40. The van der Waals surface area contributed by atoms with Crippen LogP contribution in [-0.4, -0.2) is 25.0 Å². The first-order valence-electron chi connectivity index (χ1n) is 10.7. The van der Waals surface area contributed by atoms with E-state index in [1.54, 1.807) is 12.4 Å². The lowest BCUT2D eigenvalue weighted by Gasteiger charge is -2.36. The second-order valence-corrected chi connectivity index (χ2v) is 8.01. The predicted molar refractivity (Wildman–Crippen MR) is 122 cm³/mol. The van der Waals surface area contributed by atoms with Crippen LogP contribution in [0, 0.1) is 0 Å². The monoisotopic (exact) mass is 425 g/mol. The van der Waals surface area contributed by atoms with Gasteiger partial charge in [-0.05, 0) is 11.1 Å². The summed E-state index contributed by atoms with van der Waals surface area (Å²) in [6.45, 7) is 2.30. The Morgan fingerprint density at radius 1 is 1.06 bits per heavy atom. The van der Waals surface area contributed by atoms with Crippen molar-refractivity contribution in [3.8, 4) is 17.3 Å². The maximum Gasteiger partial charge on any atom is 0.223 e. The van der Waals surface area contributed by atoms with Gasteiger partial charge in [-0.25, -0.2) is 4.98 Å². The summed E-state index contributed by atoms with van der Waals surface area (Å²) in [4.78, 5) is 29.4. The topological polar surface area (TPSA) is 77.1 Å². The number of carbonyl (C=O) groups excluding carboxylic acids is 1. The van der Waals surface area contributed by atoms with Crippen LogP contribution in [0.1, 0.15) is 46.9 Å². The van der Waals surface area contributed by atoms with E-state index in [1.165, 1.54) is 6.07 Å². The summed E-state index contributed by atoms with van der Waals surface area (Å²) in [5.41, 5.74) is 2.60. The van der Waals surface area contributed by atoms with Crippen molar-refractivity contribution in [2.75, 3.05) is 0 Å². The fraction of sp³-hybridized carbons (Fsp3) is 0.192. The number of hydrogen-bond acceptors (Lipinski definition) is 4. The van der Waals surface area contributed by atoms with Gasteiger partial charge in [0.1, 0.15) is 11.4 Å². The number of imidazole rings is 1. The van der Waals surface area contributed by atoms with Crippen molar-refractivity contribution in [2.45, 2.75) is 31.8 Å². The average Bonchev–Trinajstić information content (AvgIpc) is 3.26. The third-order valence-electron chi connectivity index (χ3n) is 6.21. The Morgan fingerprint density at radius 2 is 1.69 bits per heavy atom. The number of aromatic nitrogens is 3. The van der Waals surface area contributed by atoms with E-state index >= 15 is 0 Å². The molecule has 0 amide bonds. The molecule has 3 heterocycles. The molecular weight excluding hydrogens is 402 g/mol. The summed E-state index contributed by atoms with van der Waals surface area (Å²) >= 11 is 0. The van der Waals surface area contributed by atoms with Crippen LogP contribution in [0.4, 0.5) is 0 Å². The van der Waals surface area contributed by atoms with E-state index in [-0.39, 0.29) is 23.5 Å². The zero-order valence-corrected chi connectivity index (χ0v) is 17.7. The number of pyridine rings is 1. The van der Waals surface area contributed by atoms with Gasteiger partial charge in [-0.3, -0.25) is 9.59 Å². The maximum absolute atomic E-state index is 12.6. The lowest BCUT2D eigenvalue weighted by molar-refractivity contribution is 0.0977. The molecule has 2 aromatic heterocycles. The third-order valence-corrected chi connectivity index (χ3v) is 6.21. The van der Waals surface area contributed by atoms with Crippen molar-refractivity contribution in [3.05, 3.63) is 106 Å². The van der Waals surface area contributed by atoms with Gasteiger partial charge in [-0.2, -0.15) is 0 Å². The minimum Gasteiger partial charge on any atom is -0.503 e. The molecule has 0 saturated heterocycles. The molecule has 32 heavy (non-hydrogen) atoms. The quantitative estimate of drug-likeness (QED) is 0.481. The molecule has 0 saturated carbocycles. The molecule has 0 aliphatic carbocycles. The van der Waals surface area contributed by atoms with Crippen LogP contribution >= 0.6 is 0 Å². The minimum absolute atomic E-state index is 0.0234. The largest absolute Gasteiger partial charge is 0.503 e. The Hall–Kier alpha value is -3.93. The van der Waals surface area contributed by atoms with Gasteiger partial charge in [0, 0.05) is 31.1 Å². The molecule has 1 N–H and O–H groups in total. The average molecular weight is 425 g/mol. The Bertz CT molecular complexity index is 1300. The summed E-state index contributed by atoms with van der Waals surface area (Å²) in [5, 5.41) is 10.8. The molecule has 1 atom stereocenters. The highest BCUT2D eigenvalue weighted by atomic mass is 16.3. The number of nitrogens with zero attached hydrogens (tertiary/aromatic N) is 3. The van der Waals surface area contributed by atoms with Crippen LogP contribution < -0.4 is 5.43 Å². The Balaban J connectivity index is 1.78. The van der Waals surface area contributed by atoms with Gasteiger partial charge in [0.15, 0.2) is 17.4 Å². The van der Waals surface area contributed by atoms with Crippen molar-refractivity contribution >= 4 is 5.78 Å².